The molecule has 1 unspecified atom stereocenters. The summed E-state index contributed by atoms with van der Waals surface area (Å²) in [6.07, 6.45) is 2.19. The fourth-order valence-electron chi connectivity index (χ4n) is 3.69. The molecule has 0 bridgehead atoms. The lowest BCUT2D eigenvalue weighted by Gasteiger charge is -2.27. The Morgan fingerprint density at radius 3 is 2.56 bits per heavy atom. The molecule has 1 heterocycles. The van der Waals surface area contributed by atoms with Crippen LogP contribution in [0.4, 0.5) is 0 Å². The van der Waals surface area contributed by atoms with E-state index in [4.69, 9.17) is 9.47 Å². The summed E-state index contributed by atoms with van der Waals surface area (Å²) in [6.45, 7) is 1.93. The van der Waals surface area contributed by atoms with E-state index < -0.39 is 0 Å². The lowest BCUT2D eigenvalue weighted by atomic mass is 10.0. The van der Waals surface area contributed by atoms with E-state index in [1.807, 2.05) is 43.4 Å². The molecule has 0 saturated carbocycles. The zero-order chi connectivity index (χ0) is 19.2. The summed E-state index contributed by atoms with van der Waals surface area (Å²) in [5, 5.41) is 0. The highest BCUT2D eigenvalue weighted by atomic mass is 16.5. The van der Waals surface area contributed by atoms with E-state index in [1.54, 1.807) is 19.1 Å². The minimum Gasteiger partial charge on any atom is -0.497 e. The minimum absolute atomic E-state index is 0.126. The van der Waals surface area contributed by atoms with Crippen LogP contribution in [0.25, 0.3) is 0 Å². The first-order valence-corrected chi connectivity index (χ1v) is 9.36. The van der Waals surface area contributed by atoms with Crippen molar-refractivity contribution in [1.82, 2.24) is 9.80 Å². The van der Waals surface area contributed by atoms with Crippen molar-refractivity contribution in [3.05, 3.63) is 59.7 Å². The summed E-state index contributed by atoms with van der Waals surface area (Å²) >= 11 is 0. The predicted octanol–water partition coefficient (Wildman–Crippen LogP) is 3.50. The van der Waals surface area contributed by atoms with E-state index in [-0.39, 0.29) is 5.91 Å². The van der Waals surface area contributed by atoms with Crippen molar-refractivity contribution in [3.63, 3.8) is 0 Å². The van der Waals surface area contributed by atoms with Gasteiger partial charge in [0.05, 0.1) is 20.8 Å². The van der Waals surface area contributed by atoms with Crippen LogP contribution in [-0.2, 0) is 11.3 Å². The van der Waals surface area contributed by atoms with Gasteiger partial charge in [0.15, 0.2) is 0 Å². The third kappa shape index (κ3) is 4.61. The number of amides is 1. The molecular formula is C22H28N2O3. The van der Waals surface area contributed by atoms with E-state index in [2.05, 4.69) is 17.0 Å². The number of carbonyl (C=O) groups is 1. The Labute approximate surface area is 161 Å². The molecule has 0 aliphatic carbocycles. The van der Waals surface area contributed by atoms with E-state index in [0.717, 1.165) is 36.4 Å². The summed E-state index contributed by atoms with van der Waals surface area (Å²) in [6, 6.07) is 16.3. The van der Waals surface area contributed by atoms with Gasteiger partial charge in [-0.05, 0) is 43.1 Å². The second-order valence-corrected chi connectivity index (χ2v) is 6.96. The zero-order valence-electron chi connectivity index (χ0n) is 16.4. The van der Waals surface area contributed by atoms with Crippen molar-refractivity contribution in [2.45, 2.75) is 25.4 Å². The Bertz CT molecular complexity index is 760. The maximum absolute atomic E-state index is 12.8. The highest BCUT2D eigenvalue weighted by molar-refractivity contribution is 5.78. The van der Waals surface area contributed by atoms with Gasteiger partial charge in [0.2, 0.25) is 5.91 Å². The summed E-state index contributed by atoms with van der Waals surface area (Å²) in [7, 11) is 5.19. The van der Waals surface area contributed by atoms with Crippen molar-refractivity contribution in [2.75, 3.05) is 34.4 Å². The van der Waals surface area contributed by atoms with Crippen molar-refractivity contribution in [1.29, 1.82) is 0 Å². The van der Waals surface area contributed by atoms with Crippen molar-refractivity contribution >= 4 is 5.91 Å². The molecule has 1 aliphatic rings. The first-order valence-electron chi connectivity index (χ1n) is 9.36. The molecule has 0 spiro atoms. The Balaban J connectivity index is 1.63. The highest BCUT2D eigenvalue weighted by Crippen LogP contribution is 2.32. The molecule has 2 aromatic carbocycles. The molecule has 0 N–H and O–H groups in total. The van der Waals surface area contributed by atoms with Gasteiger partial charge in [-0.2, -0.15) is 0 Å². The van der Waals surface area contributed by atoms with Crippen molar-refractivity contribution < 1.29 is 14.3 Å². The van der Waals surface area contributed by atoms with Crippen LogP contribution in [0.5, 0.6) is 11.5 Å². The molecule has 5 nitrogen and oxygen atoms in total. The number of rotatable bonds is 7. The fourth-order valence-corrected chi connectivity index (χ4v) is 3.69. The maximum Gasteiger partial charge on any atom is 0.236 e. The average Bonchev–Trinajstić information content (AvgIpc) is 3.16. The highest BCUT2D eigenvalue weighted by Gasteiger charge is 2.28. The third-order valence-electron chi connectivity index (χ3n) is 5.23. The number of ether oxygens (including phenoxy) is 2. The van der Waals surface area contributed by atoms with Gasteiger partial charge in [-0.25, -0.2) is 0 Å². The summed E-state index contributed by atoms with van der Waals surface area (Å²) in [5.74, 6) is 1.80. The third-order valence-corrected chi connectivity index (χ3v) is 5.23. The molecule has 27 heavy (non-hydrogen) atoms. The number of likely N-dealkylation sites (N-methyl/N-ethyl adjacent to an activating group) is 1. The Kier molecular flexibility index (Phi) is 6.35. The van der Waals surface area contributed by atoms with Crippen LogP contribution in [0.2, 0.25) is 0 Å². The Morgan fingerprint density at radius 1 is 1.11 bits per heavy atom. The van der Waals surface area contributed by atoms with Crippen LogP contribution in [-0.4, -0.2) is 50.1 Å². The van der Waals surface area contributed by atoms with Crippen LogP contribution in [0.15, 0.2) is 48.5 Å². The standard InChI is InChI=1S/C22H28N2O3/c1-23(15-18-7-4-5-9-21(18)27-3)22(25)16-24-14-6-8-20(24)17-10-12-19(26-2)13-11-17/h4-5,7,9-13,20H,6,8,14-16H2,1-3H3. The fraction of sp³-hybridized carbons (Fsp3) is 0.409. The molecule has 1 saturated heterocycles. The first kappa shape index (κ1) is 19.2. The van der Waals surface area contributed by atoms with Gasteiger partial charge >= 0.3 is 0 Å². The molecular weight excluding hydrogens is 340 g/mol. The number of methoxy groups -OCH3 is 2. The number of benzene rings is 2. The lowest BCUT2D eigenvalue weighted by molar-refractivity contribution is -0.131. The van der Waals surface area contributed by atoms with Gasteiger partial charge in [-0.3, -0.25) is 9.69 Å². The Morgan fingerprint density at radius 2 is 1.85 bits per heavy atom. The maximum atomic E-state index is 12.8. The minimum atomic E-state index is 0.126. The number of para-hydroxylation sites is 1. The summed E-state index contributed by atoms with van der Waals surface area (Å²) in [5.41, 5.74) is 2.26. The van der Waals surface area contributed by atoms with Gasteiger partial charge < -0.3 is 14.4 Å². The number of hydrogen-bond donors (Lipinski definition) is 0. The second-order valence-electron chi connectivity index (χ2n) is 6.96. The van der Waals surface area contributed by atoms with Gasteiger partial charge in [0, 0.05) is 25.2 Å². The topological polar surface area (TPSA) is 42.0 Å². The zero-order valence-corrected chi connectivity index (χ0v) is 16.4. The van der Waals surface area contributed by atoms with Crippen LogP contribution >= 0.6 is 0 Å². The van der Waals surface area contributed by atoms with Crippen molar-refractivity contribution in [3.8, 4) is 11.5 Å². The van der Waals surface area contributed by atoms with Gasteiger partial charge in [-0.15, -0.1) is 0 Å². The smallest absolute Gasteiger partial charge is 0.236 e. The molecule has 0 radical (unpaired) electrons. The molecule has 2 aromatic rings. The SMILES string of the molecule is COc1ccc(C2CCCN2CC(=O)N(C)Cc2ccccc2OC)cc1. The normalized spacial score (nSPS) is 16.9. The molecule has 1 atom stereocenters. The van der Waals surface area contributed by atoms with Gasteiger partial charge in [0.1, 0.15) is 11.5 Å². The van der Waals surface area contributed by atoms with E-state index in [0.29, 0.717) is 19.1 Å². The lowest BCUT2D eigenvalue weighted by Crippen LogP contribution is -2.37. The number of carbonyl (C=O) groups excluding carboxylic acids is 1. The van der Waals surface area contributed by atoms with E-state index in [1.165, 1.54) is 5.56 Å². The van der Waals surface area contributed by atoms with Crippen LogP contribution in [0.3, 0.4) is 0 Å². The average molecular weight is 368 g/mol. The largest absolute Gasteiger partial charge is 0.497 e. The first-order chi connectivity index (χ1) is 13.1. The van der Waals surface area contributed by atoms with Crippen LogP contribution in [0.1, 0.15) is 30.0 Å². The molecule has 0 aromatic heterocycles. The van der Waals surface area contributed by atoms with Crippen LogP contribution in [0, 0.1) is 0 Å². The monoisotopic (exact) mass is 368 g/mol. The Hall–Kier alpha value is -2.53. The van der Waals surface area contributed by atoms with Gasteiger partial charge in [0.25, 0.3) is 0 Å². The van der Waals surface area contributed by atoms with Crippen LogP contribution < -0.4 is 9.47 Å². The molecule has 1 aliphatic heterocycles. The number of hydrogen-bond acceptors (Lipinski definition) is 4. The molecule has 3 rings (SSSR count). The molecule has 5 heteroatoms. The summed E-state index contributed by atoms with van der Waals surface area (Å²) < 4.78 is 10.6. The summed E-state index contributed by atoms with van der Waals surface area (Å²) in [4.78, 5) is 16.9. The van der Waals surface area contributed by atoms with E-state index >= 15 is 0 Å². The number of likely N-dealkylation sites (tertiary alicyclic amines) is 1. The molecule has 1 amide bonds. The van der Waals surface area contributed by atoms with Gasteiger partial charge in [-0.1, -0.05) is 30.3 Å². The molecule has 1 fully saturated rings. The quantitative estimate of drug-likeness (QED) is 0.750. The van der Waals surface area contributed by atoms with E-state index in [9.17, 15) is 4.79 Å². The van der Waals surface area contributed by atoms with Crippen molar-refractivity contribution in [2.24, 2.45) is 0 Å². The molecule has 144 valence electrons. The second kappa shape index (κ2) is 8.91. The predicted molar refractivity (Wildman–Crippen MR) is 106 cm³/mol. The number of nitrogens with zero attached hydrogens (tertiary/aromatic N) is 2.